The third-order valence-electron chi connectivity index (χ3n) is 2.67. The first kappa shape index (κ1) is 15.0. The molecule has 1 aromatic carbocycles. The van der Waals surface area contributed by atoms with Crippen LogP contribution in [0.4, 0.5) is 18.9 Å². The van der Waals surface area contributed by atoms with Crippen molar-refractivity contribution >= 4 is 11.6 Å². The molecule has 2 rings (SSSR count). The molecule has 1 N–H and O–H groups in total. The van der Waals surface area contributed by atoms with Crippen molar-refractivity contribution in [2.24, 2.45) is 0 Å². The van der Waals surface area contributed by atoms with E-state index < -0.39 is 17.6 Å². The standard InChI is InChI=1S/C14H12F3N3O/c1-8-7-12(19-9(2)18-8)13(21)20-11-5-3-10(4-6-11)14(15,16)17/h3-7H,1-2H3,(H,20,21). The Labute approximate surface area is 119 Å². The summed E-state index contributed by atoms with van der Waals surface area (Å²) >= 11 is 0. The van der Waals surface area contributed by atoms with Gasteiger partial charge in [-0.3, -0.25) is 4.79 Å². The van der Waals surface area contributed by atoms with Crippen LogP contribution in [0.3, 0.4) is 0 Å². The molecule has 0 atom stereocenters. The third-order valence-corrected chi connectivity index (χ3v) is 2.67. The molecule has 0 radical (unpaired) electrons. The number of carbonyl (C=O) groups is 1. The fraction of sp³-hybridized carbons (Fsp3) is 0.214. The van der Waals surface area contributed by atoms with Crippen LogP contribution in [0.2, 0.25) is 0 Å². The van der Waals surface area contributed by atoms with Gasteiger partial charge in [0.15, 0.2) is 0 Å². The lowest BCUT2D eigenvalue weighted by atomic mass is 10.2. The minimum Gasteiger partial charge on any atom is -0.321 e. The summed E-state index contributed by atoms with van der Waals surface area (Å²) in [6.45, 7) is 3.38. The zero-order valence-electron chi connectivity index (χ0n) is 11.3. The van der Waals surface area contributed by atoms with Crippen LogP contribution in [0.25, 0.3) is 0 Å². The van der Waals surface area contributed by atoms with Gasteiger partial charge in [0.1, 0.15) is 11.5 Å². The first-order chi connectivity index (χ1) is 9.75. The maximum atomic E-state index is 12.4. The summed E-state index contributed by atoms with van der Waals surface area (Å²) in [5.74, 6) is -0.0454. The molecule has 0 saturated carbocycles. The molecule has 21 heavy (non-hydrogen) atoms. The van der Waals surface area contributed by atoms with Gasteiger partial charge in [0, 0.05) is 11.4 Å². The molecule has 110 valence electrons. The quantitative estimate of drug-likeness (QED) is 0.924. The van der Waals surface area contributed by atoms with Crippen LogP contribution in [0.15, 0.2) is 30.3 Å². The minimum absolute atomic E-state index is 0.167. The molecule has 0 unspecified atom stereocenters. The van der Waals surface area contributed by atoms with Crippen LogP contribution in [-0.2, 0) is 6.18 Å². The molecule has 0 aliphatic carbocycles. The van der Waals surface area contributed by atoms with Gasteiger partial charge < -0.3 is 5.32 Å². The minimum atomic E-state index is -4.40. The van der Waals surface area contributed by atoms with Gasteiger partial charge in [0.2, 0.25) is 0 Å². The first-order valence-electron chi connectivity index (χ1n) is 6.06. The molecule has 0 aliphatic heterocycles. The highest BCUT2D eigenvalue weighted by molar-refractivity contribution is 6.02. The first-order valence-corrected chi connectivity index (χ1v) is 6.06. The summed E-state index contributed by atoms with van der Waals surface area (Å²) in [6.07, 6.45) is -4.40. The van der Waals surface area contributed by atoms with E-state index in [1.807, 2.05) is 0 Å². The maximum absolute atomic E-state index is 12.4. The van der Waals surface area contributed by atoms with Gasteiger partial charge in [0.05, 0.1) is 5.56 Å². The third kappa shape index (κ3) is 3.77. The zero-order valence-corrected chi connectivity index (χ0v) is 11.3. The number of nitrogens with one attached hydrogen (secondary N) is 1. The van der Waals surface area contributed by atoms with Crippen molar-refractivity contribution in [3.05, 3.63) is 53.1 Å². The van der Waals surface area contributed by atoms with Gasteiger partial charge in [0.25, 0.3) is 5.91 Å². The Hall–Kier alpha value is -2.44. The number of anilines is 1. The maximum Gasteiger partial charge on any atom is 0.416 e. The predicted molar refractivity (Wildman–Crippen MR) is 70.9 cm³/mol. The van der Waals surface area contributed by atoms with Crippen molar-refractivity contribution in [1.29, 1.82) is 0 Å². The summed E-state index contributed by atoms with van der Waals surface area (Å²) in [6, 6.07) is 5.72. The summed E-state index contributed by atoms with van der Waals surface area (Å²) in [7, 11) is 0. The van der Waals surface area contributed by atoms with E-state index in [-0.39, 0.29) is 11.4 Å². The number of hydrogen-bond donors (Lipinski definition) is 1. The molecule has 0 saturated heterocycles. The van der Waals surface area contributed by atoms with Gasteiger partial charge >= 0.3 is 6.18 Å². The molecule has 1 amide bonds. The smallest absolute Gasteiger partial charge is 0.321 e. The molecule has 0 spiro atoms. The number of halogens is 3. The second-order valence-corrected chi connectivity index (χ2v) is 4.47. The summed E-state index contributed by atoms with van der Waals surface area (Å²) < 4.78 is 37.3. The Balaban J connectivity index is 2.16. The normalized spacial score (nSPS) is 11.3. The van der Waals surface area contributed by atoms with E-state index in [0.29, 0.717) is 11.5 Å². The highest BCUT2D eigenvalue weighted by atomic mass is 19.4. The summed E-state index contributed by atoms with van der Waals surface area (Å²) in [4.78, 5) is 20.0. The van der Waals surface area contributed by atoms with Crippen molar-refractivity contribution in [1.82, 2.24) is 9.97 Å². The van der Waals surface area contributed by atoms with Crippen molar-refractivity contribution in [2.45, 2.75) is 20.0 Å². The fourth-order valence-electron chi connectivity index (χ4n) is 1.77. The van der Waals surface area contributed by atoms with E-state index in [1.54, 1.807) is 13.8 Å². The molecular weight excluding hydrogens is 283 g/mol. The summed E-state index contributed by atoms with van der Waals surface area (Å²) in [5, 5.41) is 2.49. The topological polar surface area (TPSA) is 54.9 Å². The van der Waals surface area contributed by atoms with Crippen LogP contribution in [0, 0.1) is 13.8 Å². The largest absolute Gasteiger partial charge is 0.416 e. The second kappa shape index (κ2) is 5.51. The van der Waals surface area contributed by atoms with Crippen LogP contribution >= 0.6 is 0 Å². The molecule has 1 aromatic heterocycles. The fourth-order valence-corrected chi connectivity index (χ4v) is 1.77. The van der Waals surface area contributed by atoms with Gasteiger partial charge in [-0.05, 0) is 44.2 Å². The highest BCUT2D eigenvalue weighted by Gasteiger charge is 2.30. The number of rotatable bonds is 2. The second-order valence-electron chi connectivity index (χ2n) is 4.47. The number of amides is 1. The van der Waals surface area contributed by atoms with Crippen molar-refractivity contribution in [3.8, 4) is 0 Å². The van der Waals surface area contributed by atoms with E-state index in [9.17, 15) is 18.0 Å². The van der Waals surface area contributed by atoms with Crippen LogP contribution in [0.1, 0.15) is 27.6 Å². The molecule has 2 aromatic rings. The molecule has 1 heterocycles. The van der Waals surface area contributed by atoms with E-state index in [1.165, 1.54) is 18.2 Å². The van der Waals surface area contributed by atoms with E-state index >= 15 is 0 Å². The zero-order chi connectivity index (χ0) is 15.6. The summed E-state index contributed by atoms with van der Waals surface area (Å²) in [5.41, 5.74) is 0.302. The Bertz CT molecular complexity index is 646. The van der Waals surface area contributed by atoms with E-state index in [0.717, 1.165) is 12.1 Å². The Kier molecular flexibility index (Phi) is 3.93. The molecular formula is C14H12F3N3O. The van der Waals surface area contributed by atoms with Crippen LogP contribution < -0.4 is 5.32 Å². The van der Waals surface area contributed by atoms with E-state index in [4.69, 9.17) is 0 Å². The molecule has 0 fully saturated rings. The Morgan fingerprint density at radius 3 is 2.24 bits per heavy atom. The van der Waals surface area contributed by atoms with Gasteiger partial charge in [-0.1, -0.05) is 0 Å². The number of aromatic nitrogens is 2. The van der Waals surface area contributed by atoms with Crippen molar-refractivity contribution < 1.29 is 18.0 Å². The molecule has 7 heteroatoms. The van der Waals surface area contributed by atoms with Gasteiger partial charge in [-0.25, -0.2) is 9.97 Å². The van der Waals surface area contributed by atoms with Crippen LogP contribution in [-0.4, -0.2) is 15.9 Å². The highest BCUT2D eigenvalue weighted by Crippen LogP contribution is 2.29. The number of hydrogen-bond acceptors (Lipinski definition) is 3. The monoisotopic (exact) mass is 295 g/mol. The van der Waals surface area contributed by atoms with Crippen molar-refractivity contribution in [2.75, 3.05) is 5.32 Å². The average Bonchev–Trinajstić information content (AvgIpc) is 2.37. The SMILES string of the molecule is Cc1cc(C(=O)Nc2ccc(C(F)(F)F)cc2)nc(C)n1. The number of nitrogens with zero attached hydrogens (tertiary/aromatic N) is 2. The Morgan fingerprint density at radius 2 is 1.71 bits per heavy atom. The van der Waals surface area contributed by atoms with E-state index in [2.05, 4.69) is 15.3 Å². The van der Waals surface area contributed by atoms with Gasteiger partial charge in [-0.2, -0.15) is 13.2 Å². The Morgan fingerprint density at radius 1 is 1.10 bits per heavy atom. The number of aryl methyl sites for hydroxylation is 2. The lowest BCUT2D eigenvalue weighted by molar-refractivity contribution is -0.137. The molecule has 0 bridgehead atoms. The lowest BCUT2D eigenvalue weighted by Crippen LogP contribution is -2.15. The van der Waals surface area contributed by atoms with Crippen LogP contribution in [0.5, 0.6) is 0 Å². The number of benzene rings is 1. The average molecular weight is 295 g/mol. The molecule has 4 nitrogen and oxygen atoms in total. The predicted octanol–water partition coefficient (Wildman–Crippen LogP) is 3.36. The van der Waals surface area contributed by atoms with Gasteiger partial charge in [-0.15, -0.1) is 0 Å². The lowest BCUT2D eigenvalue weighted by Gasteiger charge is -2.09. The molecule has 0 aliphatic rings. The number of alkyl halides is 3. The number of carbonyl (C=O) groups excluding carboxylic acids is 1. The van der Waals surface area contributed by atoms with Crippen molar-refractivity contribution in [3.63, 3.8) is 0 Å².